The molecule has 2 fully saturated rings. The van der Waals surface area contributed by atoms with Crippen molar-refractivity contribution in [3.8, 4) is 0 Å². The van der Waals surface area contributed by atoms with Crippen molar-refractivity contribution in [2.45, 2.75) is 32.6 Å². The number of nitrogens with two attached hydrogens (primary N) is 1. The van der Waals surface area contributed by atoms with Gasteiger partial charge in [-0.25, -0.2) is 4.98 Å². The van der Waals surface area contributed by atoms with E-state index in [4.69, 9.17) is 5.73 Å². The lowest BCUT2D eigenvalue weighted by molar-refractivity contribution is -0.117. The van der Waals surface area contributed by atoms with Gasteiger partial charge in [0, 0.05) is 5.92 Å². The predicted octanol–water partition coefficient (Wildman–Crippen LogP) is 2.35. The quantitative estimate of drug-likeness (QED) is 0.840. The largest absolute Gasteiger partial charge is 0.397 e. The summed E-state index contributed by atoms with van der Waals surface area (Å²) in [5, 5.41) is 2.92. The van der Waals surface area contributed by atoms with Crippen molar-refractivity contribution in [2.75, 3.05) is 11.1 Å². The van der Waals surface area contributed by atoms with E-state index in [9.17, 15) is 4.79 Å². The molecule has 4 heteroatoms. The smallest absolute Gasteiger partial charge is 0.229 e. The number of hydrogen-bond acceptors (Lipinski definition) is 3. The van der Waals surface area contributed by atoms with Crippen molar-refractivity contribution in [1.82, 2.24) is 4.98 Å². The monoisotopic (exact) mass is 245 g/mol. The summed E-state index contributed by atoms with van der Waals surface area (Å²) in [4.78, 5) is 16.3. The van der Waals surface area contributed by atoms with E-state index in [0.29, 0.717) is 23.3 Å². The minimum Gasteiger partial charge on any atom is -0.397 e. The average Bonchev–Trinajstić information content (AvgIpc) is 3.08. The third-order valence-electron chi connectivity index (χ3n) is 4.36. The molecule has 0 bridgehead atoms. The van der Waals surface area contributed by atoms with Crippen molar-refractivity contribution in [2.24, 2.45) is 17.8 Å². The molecule has 2 saturated carbocycles. The number of anilines is 2. The summed E-state index contributed by atoms with van der Waals surface area (Å²) in [5.74, 6) is 2.26. The van der Waals surface area contributed by atoms with Crippen molar-refractivity contribution in [3.63, 3.8) is 0 Å². The van der Waals surface area contributed by atoms with E-state index >= 15 is 0 Å². The summed E-state index contributed by atoms with van der Waals surface area (Å²) >= 11 is 0. The second-order valence-electron chi connectivity index (χ2n) is 5.55. The molecule has 2 unspecified atom stereocenters. The molecule has 0 saturated heterocycles. The Kier molecular flexibility index (Phi) is 2.73. The van der Waals surface area contributed by atoms with E-state index in [1.807, 2.05) is 13.0 Å². The molecule has 96 valence electrons. The molecule has 2 atom stereocenters. The summed E-state index contributed by atoms with van der Waals surface area (Å²) in [7, 11) is 0. The Hall–Kier alpha value is -1.58. The molecule has 3 rings (SSSR count). The van der Waals surface area contributed by atoms with Crippen molar-refractivity contribution >= 4 is 17.4 Å². The summed E-state index contributed by atoms with van der Waals surface area (Å²) in [6, 6.07) is 1.83. The standard InChI is InChI=1S/C14H19N3O/c1-8-6-12(16-7-11(8)15)17-14(18)13-9-4-2-3-5-10(9)13/h6-7,9-10,13H,2-5,15H2,1H3,(H,16,17,18). The highest BCUT2D eigenvalue weighted by molar-refractivity contribution is 5.94. The number of fused-ring (bicyclic) bond motifs is 1. The van der Waals surface area contributed by atoms with E-state index in [-0.39, 0.29) is 11.8 Å². The van der Waals surface area contributed by atoms with Crippen LogP contribution in [-0.2, 0) is 4.79 Å². The third kappa shape index (κ3) is 1.96. The number of aryl methyl sites for hydroxylation is 1. The van der Waals surface area contributed by atoms with Crippen LogP contribution in [0.25, 0.3) is 0 Å². The number of nitrogen functional groups attached to an aromatic ring is 1. The van der Waals surface area contributed by atoms with Crippen LogP contribution in [0.5, 0.6) is 0 Å². The first-order chi connectivity index (χ1) is 8.66. The van der Waals surface area contributed by atoms with Gasteiger partial charge < -0.3 is 11.1 Å². The highest BCUT2D eigenvalue weighted by atomic mass is 16.2. The number of pyridine rings is 1. The van der Waals surface area contributed by atoms with Crippen LogP contribution in [0.4, 0.5) is 11.5 Å². The first kappa shape index (κ1) is 11.5. The fourth-order valence-electron chi connectivity index (χ4n) is 3.23. The maximum atomic E-state index is 12.2. The summed E-state index contributed by atoms with van der Waals surface area (Å²) in [5.41, 5.74) is 7.32. The minimum atomic E-state index is 0.142. The topological polar surface area (TPSA) is 68.0 Å². The number of aromatic nitrogens is 1. The van der Waals surface area contributed by atoms with Gasteiger partial charge in [0.1, 0.15) is 5.82 Å². The minimum absolute atomic E-state index is 0.142. The lowest BCUT2D eigenvalue weighted by Crippen LogP contribution is -2.16. The maximum Gasteiger partial charge on any atom is 0.229 e. The van der Waals surface area contributed by atoms with Gasteiger partial charge in [-0.05, 0) is 43.2 Å². The highest BCUT2D eigenvalue weighted by Crippen LogP contribution is 2.55. The Labute approximate surface area is 107 Å². The van der Waals surface area contributed by atoms with Gasteiger partial charge in [-0.15, -0.1) is 0 Å². The summed E-state index contributed by atoms with van der Waals surface area (Å²) in [6.45, 7) is 1.92. The molecule has 18 heavy (non-hydrogen) atoms. The Morgan fingerprint density at radius 2 is 2.06 bits per heavy atom. The Morgan fingerprint density at radius 3 is 2.67 bits per heavy atom. The molecule has 2 aliphatic carbocycles. The van der Waals surface area contributed by atoms with Gasteiger partial charge in [0.05, 0.1) is 11.9 Å². The lowest BCUT2D eigenvalue weighted by atomic mass is 10.0. The Bertz CT molecular complexity index is 474. The average molecular weight is 245 g/mol. The molecule has 4 nitrogen and oxygen atoms in total. The van der Waals surface area contributed by atoms with E-state index in [2.05, 4.69) is 10.3 Å². The molecule has 1 aromatic rings. The molecule has 1 heterocycles. The van der Waals surface area contributed by atoms with Crippen LogP contribution in [0, 0.1) is 24.7 Å². The number of nitrogens with zero attached hydrogens (tertiary/aromatic N) is 1. The maximum absolute atomic E-state index is 12.2. The van der Waals surface area contributed by atoms with Crippen LogP contribution < -0.4 is 11.1 Å². The zero-order chi connectivity index (χ0) is 12.7. The van der Waals surface area contributed by atoms with Gasteiger partial charge in [-0.1, -0.05) is 12.8 Å². The number of amides is 1. The molecular formula is C14H19N3O. The zero-order valence-electron chi connectivity index (χ0n) is 10.6. The van der Waals surface area contributed by atoms with E-state index in [1.54, 1.807) is 6.20 Å². The molecule has 1 aromatic heterocycles. The molecule has 2 aliphatic rings. The highest BCUT2D eigenvalue weighted by Gasteiger charge is 2.54. The van der Waals surface area contributed by atoms with Crippen molar-refractivity contribution in [3.05, 3.63) is 17.8 Å². The van der Waals surface area contributed by atoms with Gasteiger partial charge in [-0.2, -0.15) is 0 Å². The molecule has 1 amide bonds. The fourth-order valence-corrected chi connectivity index (χ4v) is 3.23. The molecule has 0 aromatic carbocycles. The number of carbonyl (C=O) groups is 1. The number of rotatable bonds is 2. The van der Waals surface area contributed by atoms with Crippen LogP contribution in [0.3, 0.4) is 0 Å². The summed E-state index contributed by atoms with van der Waals surface area (Å²) < 4.78 is 0. The van der Waals surface area contributed by atoms with Crippen molar-refractivity contribution in [1.29, 1.82) is 0 Å². The van der Waals surface area contributed by atoms with Crippen molar-refractivity contribution < 1.29 is 4.79 Å². The molecule has 0 radical (unpaired) electrons. The van der Waals surface area contributed by atoms with Crippen LogP contribution in [0.15, 0.2) is 12.3 Å². The Balaban J connectivity index is 1.66. The third-order valence-corrected chi connectivity index (χ3v) is 4.36. The molecule has 0 spiro atoms. The number of nitrogens with one attached hydrogen (secondary N) is 1. The van der Waals surface area contributed by atoms with Crippen LogP contribution in [-0.4, -0.2) is 10.9 Å². The molecule has 3 N–H and O–H groups in total. The second-order valence-corrected chi connectivity index (χ2v) is 5.55. The first-order valence-corrected chi connectivity index (χ1v) is 6.70. The van der Waals surface area contributed by atoms with E-state index in [1.165, 1.54) is 25.7 Å². The van der Waals surface area contributed by atoms with Crippen LogP contribution >= 0.6 is 0 Å². The van der Waals surface area contributed by atoms with E-state index in [0.717, 1.165) is 5.56 Å². The Morgan fingerprint density at radius 1 is 1.39 bits per heavy atom. The van der Waals surface area contributed by atoms with Gasteiger partial charge >= 0.3 is 0 Å². The summed E-state index contributed by atoms with van der Waals surface area (Å²) in [6.07, 6.45) is 6.60. The van der Waals surface area contributed by atoms with Crippen LogP contribution in [0.1, 0.15) is 31.2 Å². The van der Waals surface area contributed by atoms with Gasteiger partial charge in [0.15, 0.2) is 0 Å². The first-order valence-electron chi connectivity index (χ1n) is 6.70. The fraction of sp³-hybridized carbons (Fsp3) is 0.571. The van der Waals surface area contributed by atoms with Gasteiger partial charge in [0.25, 0.3) is 0 Å². The van der Waals surface area contributed by atoms with E-state index < -0.39 is 0 Å². The van der Waals surface area contributed by atoms with Crippen LogP contribution in [0.2, 0.25) is 0 Å². The van der Waals surface area contributed by atoms with Gasteiger partial charge in [0.2, 0.25) is 5.91 Å². The normalized spacial score (nSPS) is 29.5. The number of carbonyl (C=O) groups excluding carboxylic acids is 1. The predicted molar refractivity (Wildman–Crippen MR) is 71.0 cm³/mol. The zero-order valence-corrected chi connectivity index (χ0v) is 10.6. The number of hydrogen-bond donors (Lipinski definition) is 2. The molecular weight excluding hydrogens is 226 g/mol. The molecule has 0 aliphatic heterocycles. The lowest BCUT2D eigenvalue weighted by Gasteiger charge is -2.06. The van der Waals surface area contributed by atoms with Gasteiger partial charge in [-0.3, -0.25) is 4.79 Å². The second kappa shape index (κ2) is 4.26. The SMILES string of the molecule is Cc1cc(NC(=O)C2C3CCCCC32)ncc1N.